The lowest BCUT2D eigenvalue weighted by Crippen LogP contribution is -2.50. The van der Waals surface area contributed by atoms with E-state index in [1.807, 2.05) is 0 Å². The highest BCUT2D eigenvalue weighted by Crippen LogP contribution is 2.35. The van der Waals surface area contributed by atoms with Gasteiger partial charge in [-0.1, -0.05) is 17.7 Å². The molecule has 3 heterocycles. The van der Waals surface area contributed by atoms with Crippen LogP contribution in [0.25, 0.3) is 11.3 Å². The number of furan rings is 1. The van der Waals surface area contributed by atoms with Crippen LogP contribution in [0.2, 0.25) is 10.2 Å². The van der Waals surface area contributed by atoms with Crippen molar-refractivity contribution in [2.75, 3.05) is 13.1 Å². The summed E-state index contributed by atoms with van der Waals surface area (Å²) in [7, 11) is 1.70. The summed E-state index contributed by atoms with van der Waals surface area (Å²) in [6.45, 7) is 1.18. The summed E-state index contributed by atoms with van der Waals surface area (Å²) < 4.78 is 34.0. The molecule has 1 fully saturated rings. The standard InChI is InChI=1S/C20H18Cl2F2N4O2/c1-28-18(13(21)8-26-28)12-7-17(30-19(12)22)20(29)27-16-9-25-5-4-11(16)10-2-3-14(23)15(24)6-10/h2-3,6-8,11,16,25H,4-5,9H2,1H3,(H,27,29). The molecule has 6 nitrogen and oxygen atoms in total. The van der Waals surface area contributed by atoms with Gasteiger partial charge in [0.1, 0.15) is 0 Å². The molecule has 0 spiro atoms. The zero-order chi connectivity index (χ0) is 21.4. The maximum Gasteiger partial charge on any atom is 0.287 e. The zero-order valence-corrected chi connectivity index (χ0v) is 17.4. The Labute approximate surface area is 181 Å². The predicted octanol–water partition coefficient (Wildman–Crippen LogP) is 4.14. The number of rotatable bonds is 4. The van der Waals surface area contributed by atoms with Crippen LogP contribution in [0.15, 0.2) is 34.9 Å². The van der Waals surface area contributed by atoms with E-state index in [-0.39, 0.29) is 22.9 Å². The van der Waals surface area contributed by atoms with Crippen molar-refractivity contribution >= 4 is 29.1 Å². The van der Waals surface area contributed by atoms with E-state index in [1.54, 1.807) is 13.1 Å². The minimum absolute atomic E-state index is 0.0156. The second-order valence-electron chi connectivity index (χ2n) is 7.12. The number of amides is 1. The number of carbonyl (C=O) groups excluding carboxylic acids is 1. The van der Waals surface area contributed by atoms with Crippen molar-refractivity contribution in [2.24, 2.45) is 7.05 Å². The summed E-state index contributed by atoms with van der Waals surface area (Å²) >= 11 is 12.3. The first-order valence-corrected chi connectivity index (χ1v) is 10.0. The van der Waals surface area contributed by atoms with E-state index in [0.29, 0.717) is 41.4 Å². The summed E-state index contributed by atoms with van der Waals surface area (Å²) in [6, 6.07) is 4.98. The molecule has 30 heavy (non-hydrogen) atoms. The first-order valence-electron chi connectivity index (χ1n) is 9.29. The molecule has 0 bridgehead atoms. The molecule has 4 rings (SSSR count). The molecule has 0 radical (unpaired) electrons. The van der Waals surface area contributed by atoms with Crippen molar-refractivity contribution in [1.29, 1.82) is 0 Å². The Hall–Kier alpha value is -2.42. The number of nitrogens with one attached hydrogen (secondary N) is 2. The van der Waals surface area contributed by atoms with E-state index >= 15 is 0 Å². The van der Waals surface area contributed by atoms with Crippen molar-refractivity contribution in [1.82, 2.24) is 20.4 Å². The molecule has 1 aliphatic rings. The number of aromatic nitrogens is 2. The minimum atomic E-state index is -0.911. The van der Waals surface area contributed by atoms with Crippen molar-refractivity contribution < 1.29 is 18.0 Å². The molecule has 2 N–H and O–H groups in total. The lowest BCUT2D eigenvalue weighted by Gasteiger charge is -2.33. The Bertz CT molecular complexity index is 1080. The van der Waals surface area contributed by atoms with Crippen LogP contribution < -0.4 is 10.6 Å². The Balaban J connectivity index is 1.56. The molecule has 2 aromatic heterocycles. The Morgan fingerprint density at radius 1 is 1.30 bits per heavy atom. The van der Waals surface area contributed by atoms with Crippen LogP contribution in [-0.4, -0.2) is 34.8 Å². The van der Waals surface area contributed by atoms with Crippen LogP contribution in [-0.2, 0) is 7.05 Å². The first kappa shape index (κ1) is 20.8. The zero-order valence-electron chi connectivity index (χ0n) is 15.9. The third kappa shape index (κ3) is 3.95. The van der Waals surface area contributed by atoms with Gasteiger partial charge in [-0.15, -0.1) is 0 Å². The van der Waals surface area contributed by atoms with Gasteiger partial charge < -0.3 is 15.1 Å². The van der Waals surface area contributed by atoms with Gasteiger partial charge in [-0.25, -0.2) is 8.78 Å². The first-order chi connectivity index (χ1) is 14.3. The molecule has 158 valence electrons. The minimum Gasteiger partial charge on any atom is -0.439 e. The van der Waals surface area contributed by atoms with Gasteiger partial charge >= 0.3 is 0 Å². The fraction of sp³-hybridized carbons (Fsp3) is 0.300. The number of nitrogens with zero attached hydrogens (tertiary/aromatic N) is 2. The number of benzene rings is 1. The van der Waals surface area contributed by atoms with Gasteiger partial charge in [-0.3, -0.25) is 9.48 Å². The average molecular weight is 455 g/mol. The third-order valence-corrected chi connectivity index (χ3v) is 5.79. The van der Waals surface area contributed by atoms with Crippen molar-refractivity contribution in [3.05, 3.63) is 63.7 Å². The monoisotopic (exact) mass is 454 g/mol. The van der Waals surface area contributed by atoms with E-state index in [1.165, 1.54) is 23.0 Å². The lowest BCUT2D eigenvalue weighted by atomic mass is 9.86. The highest BCUT2D eigenvalue weighted by atomic mass is 35.5. The second kappa shape index (κ2) is 8.37. The average Bonchev–Trinajstić information content (AvgIpc) is 3.26. The van der Waals surface area contributed by atoms with E-state index in [9.17, 15) is 13.6 Å². The van der Waals surface area contributed by atoms with Crippen LogP contribution in [0.5, 0.6) is 0 Å². The van der Waals surface area contributed by atoms with Gasteiger partial charge in [0.2, 0.25) is 5.22 Å². The summed E-state index contributed by atoms with van der Waals surface area (Å²) in [4.78, 5) is 12.8. The molecule has 2 atom stereocenters. The van der Waals surface area contributed by atoms with Gasteiger partial charge in [0, 0.05) is 31.6 Å². The van der Waals surface area contributed by atoms with Gasteiger partial charge in [0.25, 0.3) is 5.91 Å². The molecule has 2 unspecified atom stereocenters. The Morgan fingerprint density at radius 2 is 2.10 bits per heavy atom. The van der Waals surface area contributed by atoms with E-state index < -0.39 is 17.5 Å². The molecule has 3 aromatic rings. The highest BCUT2D eigenvalue weighted by molar-refractivity contribution is 6.35. The third-order valence-electron chi connectivity index (χ3n) is 5.23. The fourth-order valence-electron chi connectivity index (χ4n) is 3.75. The Kier molecular flexibility index (Phi) is 5.81. The smallest absolute Gasteiger partial charge is 0.287 e. The molecule has 1 saturated heterocycles. The normalized spacial score (nSPS) is 19.1. The molecule has 1 amide bonds. The van der Waals surface area contributed by atoms with Crippen LogP contribution in [0.3, 0.4) is 0 Å². The quantitative estimate of drug-likeness (QED) is 0.621. The van der Waals surface area contributed by atoms with E-state index in [2.05, 4.69) is 15.7 Å². The van der Waals surface area contributed by atoms with E-state index in [4.69, 9.17) is 27.6 Å². The Morgan fingerprint density at radius 3 is 2.80 bits per heavy atom. The second-order valence-corrected chi connectivity index (χ2v) is 7.87. The maximum atomic E-state index is 13.7. The number of hydrogen-bond acceptors (Lipinski definition) is 4. The molecule has 10 heteroatoms. The fourth-order valence-corrected chi connectivity index (χ4v) is 4.24. The molecule has 0 aliphatic carbocycles. The topological polar surface area (TPSA) is 72.1 Å². The van der Waals surface area contributed by atoms with Crippen LogP contribution in [0.1, 0.15) is 28.5 Å². The predicted molar refractivity (Wildman–Crippen MR) is 109 cm³/mol. The molecule has 0 saturated carbocycles. The van der Waals surface area contributed by atoms with Crippen LogP contribution in [0, 0.1) is 11.6 Å². The van der Waals surface area contributed by atoms with Gasteiger partial charge in [0.05, 0.1) is 22.5 Å². The van der Waals surface area contributed by atoms with Gasteiger partial charge in [-0.2, -0.15) is 5.10 Å². The van der Waals surface area contributed by atoms with Gasteiger partial charge in [-0.05, 0) is 42.3 Å². The largest absolute Gasteiger partial charge is 0.439 e. The number of piperidine rings is 1. The van der Waals surface area contributed by atoms with E-state index in [0.717, 1.165) is 6.07 Å². The lowest BCUT2D eigenvalue weighted by molar-refractivity contribution is 0.0896. The summed E-state index contributed by atoms with van der Waals surface area (Å²) in [5.41, 5.74) is 1.61. The molecule has 1 aliphatic heterocycles. The van der Waals surface area contributed by atoms with Crippen LogP contribution >= 0.6 is 23.2 Å². The highest BCUT2D eigenvalue weighted by Gasteiger charge is 2.30. The van der Waals surface area contributed by atoms with Crippen molar-refractivity contribution in [3.8, 4) is 11.3 Å². The summed E-state index contributed by atoms with van der Waals surface area (Å²) in [5, 5.41) is 10.6. The number of aryl methyl sites for hydroxylation is 1. The maximum absolute atomic E-state index is 13.7. The molecular weight excluding hydrogens is 437 g/mol. The SMILES string of the molecule is Cn1ncc(Cl)c1-c1cc(C(=O)NC2CNCCC2c2ccc(F)c(F)c2)oc1Cl. The molecule has 1 aromatic carbocycles. The van der Waals surface area contributed by atoms with Gasteiger partial charge in [0.15, 0.2) is 17.4 Å². The number of halogens is 4. The summed E-state index contributed by atoms with van der Waals surface area (Å²) in [6.07, 6.45) is 2.13. The number of hydrogen-bond donors (Lipinski definition) is 2. The van der Waals surface area contributed by atoms with Crippen molar-refractivity contribution in [3.63, 3.8) is 0 Å². The molecular formula is C20H18Cl2F2N4O2. The number of carbonyl (C=O) groups is 1. The van der Waals surface area contributed by atoms with Crippen molar-refractivity contribution in [2.45, 2.75) is 18.4 Å². The van der Waals surface area contributed by atoms with Crippen LogP contribution in [0.4, 0.5) is 8.78 Å². The summed E-state index contributed by atoms with van der Waals surface area (Å²) in [5.74, 6) is -2.45.